The van der Waals surface area contributed by atoms with Gasteiger partial charge >= 0.3 is 0 Å². The summed E-state index contributed by atoms with van der Waals surface area (Å²) < 4.78 is 5.16. The lowest BCUT2D eigenvalue weighted by atomic mass is 10.2. The van der Waals surface area contributed by atoms with Crippen LogP contribution in [0.2, 0.25) is 0 Å². The lowest BCUT2D eigenvalue weighted by molar-refractivity contribution is 0.0370. The summed E-state index contributed by atoms with van der Waals surface area (Å²) in [5, 5.41) is 26.7. The van der Waals surface area contributed by atoms with Crippen molar-refractivity contribution in [2.75, 3.05) is 0 Å². The fourth-order valence-electron chi connectivity index (χ4n) is 0.970. The Morgan fingerprint density at radius 3 is 2.69 bits per heavy atom. The molecule has 1 rings (SSSR count). The van der Waals surface area contributed by atoms with Gasteiger partial charge in [-0.1, -0.05) is 6.92 Å². The van der Waals surface area contributed by atoms with Gasteiger partial charge in [0.1, 0.15) is 11.5 Å². The number of nitrogens with zero attached hydrogens (tertiary/aromatic N) is 1. The van der Waals surface area contributed by atoms with Gasteiger partial charge in [0.15, 0.2) is 12.2 Å². The Hall–Kier alpha value is -1.31. The number of aliphatic hydroxyl groups is 2. The third-order valence-corrected chi connectivity index (χ3v) is 1.75. The number of aryl methyl sites for hydroxylation is 1. The van der Waals surface area contributed by atoms with Crippen LogP contribution in [0.15, 0.2) is 16.5 Å². The molecule has 13 heavy (non-hydrogen) atoms. The van der Waals surface area contributed by atoms with E-state index in [0.29, 0.717) is 0 Å². The zero-order valence-corrected chi connectivity index (χ0v) is 7.27. The minimum absolute atomic E-state index is 0.228. The summed E-state index contributed by atoms with van der Waals surface area (Å²) in [7, 11) is 0. The van der Waals surface area contributed by atoms with Crippen LogP contribution in [0.25, 0.3) is 0 Å². The standard InChI is InChI=1S/C9H11NO3/c1-2-6-3-4-8(13-6)9(12)7(11)5-10/h3-4,7,9,11-12H,2H2,1H3. The van der Waals surface area contributed by atoms with E-state index in [9.17, 15) is 5.11 Å². The van der Waals surface area contributed by atoms with Crippen LogP contribution in [0, 0.1) is 11.3 Å². The van der Waals surface area contributed by atoms with Crippen LogP contribution >= 0.6 is 0 Å². The van der Waals surface area contributed by atoms with Gasteiger partial charge in [-0.2, -0.15) is 5.26 Å². The Bertz CT molecular complexity index is 313. The van der Waals surface area contributed by atoms with E-state index in [1.165, 1.54) is 6.07 Å². The summed E-state index contributed by atoms with van der Waals surface area (Å²) >= 11 is 0. The molecule has 2 atom stereocenters. The number of nitriles is 1. The summed E-state index contributed by atoms with van der Waals surface area (Å²) in [6.07, 6.45) is -1.98. The summed E-state index contributed by atoms with van der Waals surface area (Å²) in [5.41, 5.74) is 0. The molecule has 0 spiro atoms. The minimum atomic E-state index is -1.43. The van der Waals surface area contributed by atoms with Crippen LogP contribution in [0.3, 0.4) is 0 Å². The normalized spacial score (nSPS) is 14.9. The average molecular weight is 181 g/mol. The fraction of sp³-hybridized carbons (Fsp3) is 0.444. The van der Waals surface area contributed by atoms with Gasteiger partial charge in [-0.3, -0.25) is 0 Å². The molecular weight excluding hydrogens is 170 g/mol. The Morgan fingerprint density at radius 2 is 2.23 bits per heavy atom. The molecule has 0 aliphatic heterocycles. The number of hydrogen-bond acceptors (Lipinski definition) is 4. The summed E-state index contributed by atoms with van der Waals surface area (Å²) in [6, 6.07) is 4.81. The quantitative estimate of drug-likeness (QED) is 0.675. The first-order valence-electron chi connectivity index (χ1n) is 4.03. The van der Waals surface area contributed by atoms with Gasteiger partial charge in [0.05, 0.1) is 6.07 Å². The minimum Gasteiger partial charge on any atom is -0.463 e. The maximum Gasteiger partial charge on any atom is 0.173 e. The molecule has 1 aromatic rings. The molecule has 4 nitrogen and oxygen atoms in total. The molecule has 2 N–H and O–H groups in total. The molecule has 4 heteroatoms. The zero-order chi connectivity index (χ0) is 9.84. The lowest BCUT2D eigenvalue weighted by Crippen LogP contribution is -2.14. The van der Waals surface area contributed by atoms with Crippen LogP contribution in [-0.2, 0) is 6.42 Å². The van der Waals surface area contributed by atoms with Gasteiger partial charge < -0.3 is 14.6 Å². The first-order chi connectivity index (χ1) is 6.19. The maximum absolute atomic E-state index is 9.33. The number of rotatable bonds is 3. The number of hydrogen-bond donors (Lipinski definition) is 2. The molecule has 2 unspecified atom stereocenters. The van der Waals surface area contributed by atoms with Crippen molar-refractivity contribution in [3.05, 3.63) is 23.7 Å². The Morgan fingerprint density at radius 1 is 1.54 bits per heavy atom. The molecule has 0 aromatic carbocycles. The maximum atomic E-state index is 9.33. The molecule has 70 valence electrons. The van der Waals surface area contributed by atoms with Crippen molar-refractivity contribution in [3.63, 3.8) is 0 Å². The monoisotopic (exact) mass is 181 g/mol. The molecule has 0 aliphatic rings. The van der Waals surface area contributed by atoms with Crippen molar-refractivity contribution >= 4 is 0 Å². The van der Waals surface area contributed by atoms with E-state index in [-0.39, 0.29) is 5.76 Å². The van der Waals surface area contributed by atoms with Crippen molar-refractivity contribution in [2.24, 2.45) is 0 Å². The van der Waals surface area contributed by atoms with Gasteiger partial charge in [0, 0.05) is 6.42 Å². The molecule has 1 heterocycles. The summed E-state index contributed by atoms with van der Waals surface area (Å²) in [5.74, 6) is 0.949. The van der Waals surface area contributed by atoms with Crippen molar-refractivity contribution < 1.29 is 14.6 Å². The second kappa shape index (κ2) is 4.08. The van der Waals surface area contributed by atoms with Crippen molar-refractivity contribution in [2.45, 2.75) is 25.6 Å². The van der Waals surface area contributed by atoms with Gasteiger partial charge in [-0.05, 0) is 12.1 Å². The first-order valence-corrected chi connectivity index (χ1v) is 4.03. The van der Waals surface area contributed by atoms with E-state index in [2.05, 4.69) is 0 Å². The van der Waals surface area contributed by atoms with Crippen LogP contribution in [-0.4, -0.2) is 16.3 Å². The first kappa shape index (κ1) is 9.78. The highest BCUT2D eigenvalue weighted by Crippen LogP contribution is 2.19. The topological polar surface area (TPSA) is 77.4 Å². The molecule has 0 bridgehead atoms. The third kappa shape index (κ3) is 2.08. The molecule has 0 radical (unpaired) electrons. The Kier molecular flexibility index (Phi) is 3.07. The summed E-state index contributed by atoms with van der Waals surface area (Å²) in [4.78, 5) is 0. The van der Waals surface area contributed by atoms with Crippen LogP contribution in [0.5, 0.6) is 0 Å². The van der Waals surface area contributed by atoms with Crippen LogP contribution in [0.1, 0.15) is 24.5 Å². The van der Waals surface area contributed by atoms with Crippen molar-refractivity contribution in [3.8, 4) is 6.07 Å². The summed E-state index contributed by atoms with van der Waals surface area (Å²) in [6.45, 7) is 1.91. The predicted octanol–water partition coefficient (Wildman–Crippen LogP) is 0.760. The molecule has 0 saturated heterocycles. The third-order valence-electron chi connectivity index (χ3n) is 1.75. The second-order valence-corrected chi connectivity index (χ2v) is 2.68. The van der Waals surface area contributed by atoms with Crippen molar-refractivity contribution in [1.82, 2.24) is 0 Å². The lowest BCUT2D eigenvalue weighted by Gasteiger charge is -2.07. The second-order valence-electron chi connectivity index (χ2n) is 2.68. The van der Waals surface area contributed by atoms with E-state index in [4.69, 9.17) is 14.8 Å². The number of furan rings is 1. The van der Waals surface area contributed by atoms with E-state index >= 15 is 0 Å². The Balaban J connectivity index is 2.78. The van der Waals surface area contributed by atoms with Gasteiger partial charge in [0.2, 0.25) is 0 Å². The van der Waals surface area contributed by atoms with Gasteiger partial charge in [0.25, 0.3) is 0 Å². The average Bonchev–Trinajstić information content (AvgIpc) is 2.63. The molecule has 0 amide bonds. The van der Waals surface area contributed by atoms with Crippen molar-refractivity contribution in [1.29, 1.82) is 5.26 Å². The molecule has 0 saturated carbocycles. The number of aliphatic hydroxyl groups excluding tert-OH is 2. The molecular formula is C9H11NO3. The van der Waals surface area contributed by atoms with E-state index < -0.39 is 12.2 Å². The van der Waals surface area contributed by atoms with Gasteiger partial charge in [-0.25, -0.2) is 0 Å². The van der Waals surface area contributed by atoms with Crippen LogP contribution in [0.4, 0.5) is 0 Å². The van der Waals surface area contributed by atoms with E-state index in [1.807, 2.05) is 6.92 Å². The van der Waals surface area contributed by atoms with E-state index in [0.717, 1.165) is 12.2 Å². The highest BCUT2D eigenvalue weighted by Gasteiger charge is 2.20. The molecule has 0 fully saturated rings. The largest absolute Gasteiger partial charge is 0.463 e. The SMILES string of the molecule is CCc1ccc(C(O)C(O)C#N)o1. The molecule has 0 aliphatic carbocycles. The highest BCUT2D eigenvalue weighted by atomic mass is 16.4. The van der Waals surface area contributed by atoms with Gasteiger partial charge in [-0.15, -0.1) is 0 Å². The smallest absolute Gasteiger partial charge is 0.173 e. The predicted molar refractivity (Wildman–Crippen MR) is 44.7 cm³/mol. The zero-order valence-electron chi connectivity index (χ0n) is 7.27. The Labute approximate surface area is 76.0 Å². The highest BCUT2D eigenvalue weighted by molar-refractivity contribution is 5.12. The molecule has 1 aromatic heterocycles. The fourth-order valence-corrected chi connectivity index (χ4v) is 0.970. The van der Waals surface area contributed by atoms with E-state index in [1.54, 1.807) is 12.1 Å². The van der Waals surface area contributed by atoms with Crippen LogP contribution < -0.4 is 0 Å².